The van der Waals surface area contributed by atoms with Gasteiger partial charge in [-0.2, -0.15) is 13.2 Å². The van der Waals surface area contributed by atoms with Crippen molar-refractivity contribution in [1.29, 1.82) is 0 Å². The van der Waals surface area contributed by atoms with Crippen LogP contribution in [0.2, 0.25) is 0 Å². The van der Waals surface area contributed by atoms with Gasteiger partial charge in [0, 0.05) is 22.7 Å². The van der Waals surface area contributed by atoms with E-state index in [0.717, 1.165) is 6.07 Å². The van der Waals surface area contributed by atoms with E-state index in [1.165, 1.54) is 12.1 Å². The Kier molecular flexibility index (Phi) is 6.33. The van der Waals surface area contributed by atoms with Crippen LogP contribution in [0.1, 0.15) is 33.3 Å². The monoisotopic (exact) mass is 396 g/mol. The molecule has 8 heteroatoms. The van der Waals surface area contributed by atoms with Crippen LogP contribution < -0.4 is 10.6 Å². The van der Waals surface area contributed by atoms with Gasteiger partial charge in [0.15, 0.2) is 0 Å². The molecule has 0 saturated carbocycles. The van der Waals surface area contributed by atoms with Crippen molar-refractivity contribution in [2.75, 3.05) is 11.9 Å². The molecule has 1 aromatic carbocycles. The minimum absolute atomic E-state index is 0.0184. The van der Waals surface area contributed by atoms with Gasteiger partial charge in [0.2, 0.25) is 0 Å². The second-order valence-electron chi connectivity index (χ2n) is 6.12. The fraction of sp³-hybridized carbons (Fsp3) is 0.533. The van der Waals surface area contributed by atoms with Crippen LogP contribution in [0, 0.1) is 0 Å². The van der Waals surface area contributed by atoms with Crippen molar-refractivity contribution in [2.24, 2.45) is 0 Å². The van der Waals surface area contributed by atoms with Crippen LogP contribution in [-0.2, 0) is 10.9 Å². The molecule has 1 rings (SSSR count). The van der Waals surface area contributed by atoms with Gasteiger partial charge in [0.25, 0.3) is 0 Å². The zero-order valence-corrected chi connectivity index (χ0v) is 14.9. The molecule has 1 aromatic rings. The lowest BCUT2D eigenvalue weighted by Gasteiger charge is -2.21. The molecule has 0 aliphatic heterocycles. The van der Waals surface area contributed by atoms with Gasteiger partial charge < -0.3 is 15.4 Å². The van der Waals surface area contributed by atoms with Crippen molar-refractivity contribution >= 4 is 27.7 Å². The average molecular weight is 397 g/mol. The molecule has 1 unspecified atom stereocenters. The van der Waals surface area contributed by atoms with Crippen LogP contribution in [0.25, 0.3) is 0 Å². The molecule has 0 bridgehead atoms. The summed E-state index contributed by atoms with van der Waals surface area (Å²) in [5, 5.41) is 5.47. The maximum Gasteiger partial charge on any atom is 0.417 e. The molecule has 0 heterocycles. The van der Waals surface area contributed by atoms with Crippen molar-refractivity contribution in [1.82, 2.24) is 5.32 Å². The predicted octanol–water partition coefficient (Wildman–Crippen LogP) is 4.79. The molecule has 0 saturated heterocycles. The van der Waals surface area contributed by atoms with Crippen LogP contribution in [0.3, 0.4) is 0 Å². The maximum absolute atomic E-state index is 12.8. The number of anilines is 1. The fourth-order valence-corrected chi connectivity index (χ4v) is 2.19. The molecule has 0 radical (unpaired) electrons. The third-order valence-corrected chi connectivity index (χ3v) is 3.33. The Labute approximate surface area is 141 Å². The molecule has 2 N–H and O–H groups in total. The van der Waals surface area contributed by atoms with Gasteiger partial charge >= 0.3 is 12.3 Å². The summed E-state index contributed by atoms with van der Waals surface area (Å²) in [7, 11) is 0. The highest BCUT2D eigenvalue weighted by Crippen LogP contribution is 2.36. The van der Waals surface area contributed by atoms with Crippen molar-refractivity contribution in [2.45, 2.75) is 45.5 Å². The molecule has 1 amide bonds. The van der Waals surface area contributed by atoms with E-state index < -0.39 is 23.4 Å². The SMILES string of the molecule is CC(CNC(=O)OC(C)(C)C)Nc1ccc(Br)c(C(F)(F)F)c1. The normalized spacial score (nSPS) is 13.4. The summed E-state index contributed by atoms with van der Waals surface area (Å²) < 4.78 is 43.6. The van der Waals surface area contributed by atoms with Gasteiger partial charge in [-0.25, -0.2) is 4.79 Å². The molecular formula is C15H20BrF3N2O2. The summed E-state index contributed by atoms with van der Waals surface area (Å²) in [5.41, 5.74) is -1.04. The molecule has 0 aliphatic carbocycles. The average Bonchev–Trinajstić information content (AvgIpc) is 2.35. The molecule has 1 atom stereocenters. The Bertz CT molecular complexity index is 557. The summed E-state index contributed by atoms with van der Waals surface area (Å²) in [5.74, 6) is 0. The topological polar surface area (TPSA) is 50.4 Å². The first-order chi connectivity index (χ1) is 10.4. The summed E-state index contributed by atoms with van der Waals surface area (Å²) in [4.78, 5) is 11.5. The number of nitrogens with one attached hydrogen (secondary N) is 2. The lowest BCUT2D eigenvalue weighted by molar-refractivity contribution is -0.138. The second-order valence-corrected chi connectivity index (χ2v) is 6.97. The minimum Gasteiger partial charge on any atom is -0.444 e. The number of alkyl halides is 3. The number of hydrogen-bond donors (Lipinski definition) is 2. The molecule has 0 fully saturated rings. The van der Waals surface area contributed by atoms with Gasteiger partial charge in [-0.1, -0.05) is 15.9 Å². The van der Waals surface area contributed by atoms with Crippen LogP contribution in [0.5, 0.6) is 0 Å². The molecule has 0 aliphatic rings. The lowest BCUT2D eigenvalue weighted by atomic mass is 10.2. The van der Waals surface area contributed by atoms with Crippen molar-refractivity contribution < 1.29 is 22.7 Å². The third kappa shape index (κ3) is 7.11. The van der Waals surface area contributed by atoms with Crippen molar-refractivity contribution in [3.8, 4) is 0 Å². The number of rotatable bonds is 4. The van der Waals surface area contributed by atoms with E-state index in [-0.39, 0.29) is 17.1 Å². The molecule has 0 spiro atoms. The molecule has 130 valence electrons. The van der Waals surface area contributed by atoms with Gasteiger partial charge in [-0.05, 0) is 45.9 Å². The smallest absolute Gasteiger partial charge is 0.417 e. The van der Waals surface area contributed by atoms with E-state index in [0.29, 0.717) is 5.69 Å². The number of hydrogen-bond acceptors (Lipinski definition) is 3. The Morgan fingerprint density at radius 2 is 1.91 bits per heavy atom. The van der Waals surface area contributed by atoms with Gasteiger partial charge in [-0.15, -0.1) is 0 Å². The number of benzene rings is 1. The van der Waals surface area contributed by atoms with Crippen LogP contribution in [-0.4, -0.2) is 24.3 Å². The molecule has 4 nitrogen and oxygen atoms in total. The molecular weight excluding hydrogens is 377 g/mol. The van der Waals surface area contributed by atoms with Gasteiger partial charge in [0.05, 0.1) is 5.56 Å². The van der Waals surface area contributed by atoms with Gasteiger partial charge in [-0.3, -0.25) is 0 Å². The first-order valence-electron chi connectivity index (χ1n) is 6.98. The quantitative estimate of drug-likeness (QED) is 0.768. The number of carbonyl (C=O) groups is 1. The largest absolute Gasteiger partial charge is 0.444 e. The number of carbonyl (C=O) groups excluding carboxylic acids is 1. The van der Waals surface area contributed by atoms with E-state index >= 15 is 0 Å². The summed E-state index contributed by atoms with van der Waals surface area (Å²) in [6.07, 6.45) is -5.01. The van der Waals surface area contributed by atoms with E-state index in [9.17, 15) is 18.0 Å². The summed E-state index contributed by atoms with van der Waals surface area (Å²) >= 11 is 2.89. The Morgan fingerprint density at radius 1 is 1.30 bits per heavy atom. The minimum atomic E-state index is -4.44. The highest BCUT2D eigenvalue weighted by atomic mass is 79.9. The Morgan fingerprint density at radius 3 is 2.43 bits per heavy atom. The number of amides is 1. The van der Waals surface area contributed by atoms with Gasteiger partial charge in [0.1, 0.15) is 5.60 Å². The van der Waals surface area contributed by atoms with Crippen molar-refractivity contribution in [3.05, 3.63) is 28.2 Å². The first kappa shape index (κ1) is 19.6. The van der Waals surface area contributed by atoms with E-state index in [4.69, 9.17) is 4.74 Å². The standard InChI is InChI=1S/C15H20BrF3N2O2/c1-9(8-20-13(22)23-14(2,3)4)21-10-5-6-12(16)11(7-10)15(17,18)19/h5-7,9,21H,8H2,1-4H3,(H,20,22). The summed E-state index contributed by atoms with van der Waals surface area (Å²) in [6.45, 7) is 7.19. The lowest BCUT2D eigenvalue weighted by Crippen LogP contribution is -2.38. The molecule has 23 heavy (non-hydrogen) atoms. The Balaban J connectivity index is 2.61. The van der Waals surface area contributed by atoms with Crippen molar-refractivity contribution in [3.63, 3.8) is 0 Å². The Hall–Kier alpha value is -1.44. The number of alkyl carbamates (subject to hydrolysis) is 1. The predicted molar refractivity (Wildman–Crippen MR) is 86.5 cm³/mol. The number of halogens is 4. The second kappa shape index (κ2) is 7.42. The first-order valence-corrected chi connectivity index (χ1v) is 7.78. The van der Waals surface area contributed by atoms with Crippen LogP contribution in [0.15, 0.2) is 22.7 Å². The highest BCUT2D eigenvalue weighted by molar-refractivity contribution is 9.10. The van der Waals surface area contributed by atoms with E-state index in [2.05, 4.69) is 26.6 Å². The molecule has 0 aromatic heterocycles. The van der Waals surface area contributed by atoms with Crippen LogP contribution >= 0.6 is 15.9 Å². The summed E-state index contributed by atoms with van der Waals surface area (Å²) in [6, 6.07) is 3.61. The fourth-order valence-electron chi connectivity index (χ4n) is 1.72. The van der Waals surface area contributed by atoms with E-state index in [1.54, 1.807) is 27.7 Å². The zero-order chi connectivity index (χ0) is 17.8. The maximum atomic E-state index is 12.8. The zero-order valence-electron chi connectivity index (χ0n) is 13.3. The van der Waals surface area contributed by atoms with Crippen LogP contribution in [0.4, 0.5) is 23.7 Å². The number of ether oxygens (including phenoxy) is 1. The third-order valence-electron chi connectivity index (χ3n) is 2.64. The van der Waals surface area contributed by atoms with E-state index in [1.807, 2.05) is 0 Å². The highest BCUT2D eigenvalue weighted by Gasteiger charge is 2.33.